The van der Waals surface area contributed by atoms with Gasteiger partial charge in [0.1, 0.15) is 11.5 Å². The van der Waals surface area contributed by atoms with Crippen LogP contribution in [0.4, 0.5) is 0 Å². The van der Waals surface area contributed by atoms with Crippen molar-refractivity contribution in [3.63, 3.8) is 0 Å². The second-order valence-electron chi connectivity index (χ2n) is 8.55. The van der Waals surface area contributed by atoms with Gasteiger partial charge in [-0.2, -0.15) is 0 Å². The molecule has 1 aromatic carbocycles. The Labute approximate surface area is 144 Å². The Morgan fingerprint density at radius 1 is 1.12 bits per heavy atom. The number of ether oxygens (including phenoxy) is 1. The summed E-state index contributed by atoms with van der Waals surface area (Å²) in [6.07, 6.45) is 4.35. The number of Topliss-reactive ketones (excluding diaryl/α,β-unsaturated/α-hetero) is 1. The first-order valence-corrected chi connectivity index (χ1v) is 9.12. The first-order chi connectivity index (χ1) is 11.3. The van der Waals surface area contributed by atoms with E-state index in [4.69, 9.17) is 4.74 Å². The van der Waals surface area contributed by atoms with E-state index in [-0.39, 0.29) is 29.1 Å². The van der Waals surface area contributed by atoms with E-state index in [2.05, 4.69) is 26.8 Å². The van der Waals surface area contributed by atoms with E-state index in [0.717, 1.165) is 24.8 Å². The van der Waals surface area contributed by atoms with Gasteiger partial charge in [0.25, 0.3) is 0 Å². The average molecular weight is 328 g/mol. The Balaban J connectivity index is 1.70. The molecule has 0 spiro atoms. The summed E-state index contributed by atoms with van der Waals surface area (Å²) in [6.45, 7) is 8.50. The number of hydrogen-bond donors (Lipinski definition) is 0. The zero-order valence-electron chi connectivity index (χ0n) is 15.2. The minimum absolute atomic E-state index is 0.0779. The van der Waals surface area contributed by atoms with Crippen LogP contribution in [-0.4, -0.2) is 11.8 Å². The lowest BCUT2D eigenvalue weighted by atomic mass is 9.67. The predicted octanol–water partition coefficient (Wildman–Crippen LogP) is 4.59. The Kier molecular flexibility index (Phi) is 4.54. The molecule has 3 heteroatoms. The molecule has 130 valence electrons. The van der Waals surface area contributed by atoms with Gasteiger partial charge in [0, 0.05) is 11.8 Å². The van der Waals surface area contributed by atoms with Crippen LogP contribution >= 0.6 is 0 Å². The van der Waals surface area contributed by atoms with Gasteiger partial charge in [-0.15, -0.1) is 0 Å². The molecule has 3 nitrogen and oxygen atoms in total. The normalized spacial score (nSPS) is 27.0. The first kappa shape index (κ1) is 17.2. The van der Waals surface area contributed by atoms with Crippen molar-refractivity contribution < 1.29 is 14.3 Å². The smallest absolute Gasteiger partial charge is 0.314 e. The molecule has 2 aliphatic rings. The lowest BCUT2D eigenvalue weighted by Gasteiger charge is -2.36. The molecule has 2 atom stereocenters. The van der Waals surface area contributed by atoms with Gasteiger partial charge in [-0.1, -0.05) is 39.3 Å². The highest BCUT2D eigenvalue weighted by molar-refractivity contribution is 5.87. The van der Waals surface area contributed by atoms with Crippen LogP contribution < -0.4 is 4.74 Å². The Hall–Kier alpha value is -1.64. The second-order valence-corrected chi connectivity index (χ2v) is 8.55. The summed E-state index contributed by atoms with van der Waals surface area (Å²) < 4.78 is 5.70. The van der Waals surface area contributed by atoms with E-state index in [1.807, 2.05) is 19.1 Å². The molecule has 0 N–H and O–H groups in total. The summed E-state index contributed by atoms with van der Waals surface area (Å²) in [4.78, 5) is 24.8. The topological polar surface area (TPSA) is 43.4 Å². The second kappa shape index (κ2) is 6.34. The third-order valence-electron chi connectivity index (χ3n) is 5.63. The summed E-state index contributed by atoms with van der Waals surface area (Å²) in [6, 6.07) is 6.04. The fraction of sp³-hybridized carbons (Fsp3) is 0.619. The van der Waals surface area contributed by atoms with Gasteiger partial charge in [-0.3, -0.25) is 9.59 Å². The number of aryl methyl sites for hydroxylation is 1. The molecule has 0 radical (unpaired) electrons. The van der Waals surface area contributed by atoms with E-state index in [1.54, 1.807) is 0 Å². The number of fused-ring (bicyclic) bond motifs is 2. The predicted molar refractivity (Wildman–Crippen MR) is 94.1 cm³/mol. The van der Waals surface area contributed by atoms with E-state index in [0.29, 0.717) is 24.4 Å². The minimum Gasteiger partial charge on any atom is -0.426 e. The Morgan fingerprint density at radius 3 is 2.29 bits per heavy atom. The van der Waals surface area contributed by atoms with Crippen LogP contribution in [0, 0.1) is 24.7 Å². The largest absolute Gasteiger partial charge is 0.426 e. The number of carbonyl (C=O) groups excluding carboxylic acids is 2. The quantitative estimate of drug-likeness (QED) is 0.589. The van der Waals surface area contributed by atoms with Crippen molar-refractivity contribution >= 4 is 11.8 Å². The maximum absolute atomic E-state index is 12.6. The third-order valence-corrected chi connectivity index (χ3v) is 5.63. The van der Waals surface area contributed by atoms with Crippen molar-refractivity contribution in [3.05, 3.63) is 29.3 Å². The lowest BCUT2D eigenvalue weighted by Crippen LogP contribution is -2.40. The van der Waals surface area contributed by atoms with Crippen molar-refractivity contribution in [1.29, 1.82) is 0 Å². The zero-order chi connectivity index (χ0) is 17.5. The summed E-state index contributed by atoms with van der Waals surface area (Å²) in [7, 11) is 0. The van der Waals surface area contributed by atoms with Crippen molar-refractivity contribution in [2.24, 2.45) is 17.8 Å². The highest BCUT2D eigenvalue weighted by Crippen LogP contribution is 2.40. The summed E-state index contributed by atoms with van der Waals surface area (Å²) in [5.41, 5.74) is 2.30. The standard InChI is InChI=1S/C21H28O3/c1-13-10-17(21(2,3)4)8-9-18(13)24-20(23)16-11-14-6-5-7-15(12-16)19(14)22/h8-10,14-16H,5-7,11-12H2,1-4H3. The van der Waals surface area contributed by atoms with Gasteiger partial charge in [-0.25, -0.2) is 0 Å². The molecular weight excluding hydrogens is 300 g/mol. The molecule has 2 bridgehead atoms. The van der Waals surface area contributed by atoms with Gasteiger partial charge in [0.05, 0.1) is 5.92 Å². The molecule has 0 saturated heterocycles. The molecular formula is C21H28O3. The minimum atomic E-state index is -0.161. The zero-order valence-corrected chi connectivity index (χ0v) is 15.2. The number of carbonyl (C=O) groups is 2. The Morgan fingerprint density at radius 2 is 1.75 bits per heavy atom. The first-order valence-electron chi connectivity index (χ1n) is 9.12. The van der Waals surface area contributed by atoms with Crippen molar-refractivity contribution in [3.8, 4) is 5.75 Å². The number of ketones is 1. The van der Waals surface area contributed by atoms with Crippen LogP contribution in [0.5, 0.6) is 5.75 Å². The number of esters is 1. The maximum atomic E-state index is 12.6. The van der Waals surface area contributed by atoms with E-state index in [9.17, 15) is 9.59 Å². The van der Waals surface area contributed by atoms with Crippen LogP contribution in [0.3, 0.4) is 0 Å². The summed E-state index contributed by atoms with van der Waals surface area (Å²) in [5.74, 6) is 0.913. The van der Waals surface area contributed by atoms with E-state index < -0.39 is 0 Å². The van der Waals surface area contributed by atoms with Crippen LogP contribution in [0.1, 0.15) is 64.0 Å². The molecule has 0 heterocycles. The number of hydrogen-bond acceptors (Lipinski definition) is 3. The van der Waals surface area contributed by atoms with Crippen LogP contribution in [0.25, 0.3) is 0 Å². The summed E-state index contributed by atoms with van der Waals surface area (Å²) in [5, 5.41) is 0. The molecule has 1 aromatic rings. The molecule has 0 aromatic heterocycles. The average Bonchev–Trinajstić information content (AvgIpc) is 2.47. The number of rotatable bonds is 2. The van der Waals surface area contributed by atoms with Gasteiger partial charge in [-0.05, 0) is 55.2 Å². The molecule has 2 unspecified atom stereocenters. The van der Waals surface area contributed by atoms with E-state index in [1.165, 1.54) is 5.56 Å². The molecule has 0 amide bonds. The fourth-order valence-electron chi connectivity index (χ4n) is 4.09. The molecule has 3 rings (SSSR count). The molecule has 0 aliphatic heterocycles. The fourth-order valence-corrected chi connectivity index (χ4v) is 4.09. The van der Waals surface area contributed by atoms with Gasteiger partial charge in [0.2, 0.25) is 0 Å². The maximum Gasteiger partial charge on any atom is 0.314 e. The monoisotopic (exact) mass is 328 g/mol. The van der Waals surface area contributed by atoms with Crippen molar-refractivity contribution in [2.45, 2.75) is 65.2 Å². The van der Waals surface area contributed by atoms with Crippen LogP contribution in [0.2, 0.25) is 0 Å². The van der Waals surface area contributed by atoms with Crippen LogP contribution in [-0.2, 0) is 15.0 Å². The van der Waals surface area contributed by atoms with Crippen LogP contribution in [0.15, 0.2) is 18.2 Å². The van der Waals surface area contributed by atoms with Crippen molar-refractivity contribution in [1.82, 2.24) is 0 Å². The van der Waals surface area contributed by atoms with Crippen molar-refractivity contribution in [2.75, 3.05) is 0 Å². The number of benzene rings is 1. The highest BCUT2D eigenvalue weighted by atomic mass is 16.5. The third kappa shape index (κ3) is 3.40. The lowest BCUT2D eigenvalue weighted by molar-refractivity contribution is -0.145. The van der Waals surface area contributed by atoms with E-state index >= 15 is 0 Å². The molecule has 2 saturated carbocycles. The van der Waals surface area contributed by atoms with Gasteiger partial charge < -0.3 is 4.74 Å². The molecule has 2 fully saturated rings. The summed E-state index contributed by atoms with van der Waals surface area (Å²) >= 11 is 0. The molecule has 24 heavy (non-hydrogen) atoms. The SMILES string of the molecule is Cc1cc(C(C)(C)C)ccc1OC(=O)C1CC2CCCC(C1)C2=O. The van der Waals surface area contributed by atoms with Gasteiger partial charge >= 0.3 is 5.97 Å². The highest BCUT2D eigenvalue weighted by Gasteiger charge is 2.42. The van der Waals surface area contributed by atoms with Gasteiger partial charge in [0.15, 0.2) is 0 Å². The molecule has 2 aliphatic carbocycles. The Bertz CT molecular complexity index is 638.